The fourth-order valence-electron chi connectivity index (χ4n) is 2.34. The molecule has 84 valence electrons. The maximum Gasteiger partial charge on any atom is 0.343 e. The minimum atomic E-state index is -0.256. The Kier molecular flexibility index (Phi) is 2.05. The predicted octanol–water partition coefficient (Wildman–Crippen LogP) is 3.56. The van der Waals surface area contributed by atoms with Gasteiger partial charge >= 0.3 is 5.63 Å². The van der Waals surface area contributed by atoms with Gasteiger partial charge in [0.1, 0.15) is 5.76 Å². The van der Waals surface area contributed by atoms with E-state index in [4.69, 9.17) is 4.42 Å². The topological polar surface area (TPSA) is 30.2 Å². The van der Waals surface area contributed by atoms with E-state index in [-0.39, 0.29) is 5.63 Å². The molecule has 0 spiro atoms. The average Bonchev–Trinajstić information content (AvgIpc) is 2.31. The summed E-state index contributed by atoms with van der Waals surface area (Å²) in [4.78, 5) is 11.8. The quantitative estimate of drug-likeness (QED) is 0.546. The van der Waals surface area contributed by atoms with Crippen LogP contribution >= 0.6 is 0 Å². The first-order valence-electron chi connectivity index (χ1n) is 5.59. The zero-order valence-electron chi connectivity index (χ0n) is 9.78. The maximum absolute atomic E-state index is 11.8. The van der Waals surface area contributed by atoms with Crippen LogP contribution in [0.25, 0.3) is 21.5 Å². The molecule has 0 radical (unpaired) electrons. The Morgan fingerprint density at radius 1 is 0.882 bits per heavy atom. The van der Waals surface area contributed by atoms with Crippen LogP contribution in [0.5, 0.6) is 0 Å². The number of hydrogen-bond acceptors (Lipinski definition) is 2. The van der Waals surface area contributed by atoms with Crippen molar-refractivity contribution in [1.82, 2.24) is 0 Å². The van der Waals surface area contributed by atoms with Crippen LogP contribution in [-0.4, -0.2) is 0 Å². The smallest absolute Gasteiger partial charge is 0.343 e. The van der Waals surface area contributed by atoms with Gasteiger partial charge in [0.05, 0.1) is 5.39 Å². The van der Waals surface area contributed by atoms with E-state index in [2.05, 4.69) is 6.07 Å². The Balaban J connectivity index is 2.68. The van der Waals surface area contributed by atoms with Crippen molar-refractivity contribution in [3.63, 3.8) is 0 Å². The van der Waals surface area contributed by atoms with Gasteiger partial charge in [0, 0.05) is 5.39 Å². The lowest BCUT2D eigenvalue weighted by atomic mass is 9.99. The molecule has 1 heterocycles. The molecule has 0 fully saturated rings. The molecule has 0 amide bonds. The van der Waals surface area contributed by atoms with Gasteiger partial charge in [-0.2, -0.15) is 0 Å². The van der Waals surface area contributed by atoms with E-state index in [9.17, 15) is 4.79 Å². The highest BCUT2D eigenvalue weighted by molar-refractivity contribution is 6.08. The van der Waals surface area contributed by atoms with Crippen molar-refractivity contribution >= 4 is 21.5 Å². The monoisotopic (exact) mass is 224 g/mol. The first-order chi connectivity index (χ1) is 8.16. The molecule has 0 atom stereocenters. The zero-order chi connectivity index (χ0) is 12.0. The molecule has 17 heavy (non-hydrogen) atoms. The van der Waals surface area contributed by atoms with Crippen LogP contribution in [-0.2, 0) is 0 Å². The SMILES string of the molecule is Cc1cc2c(cc(C)c3ccccc32)c(=O)o1. The van der Waals surface area contributed by atoms with Crippen molar-refractivity contribution in [2.24, 2.45) is 0 Å². The van der Waals surface area contributed by atoms with E-state index >= 15 is 0 Å². The minimum absolute atomic E-state index is 0.256. The fourth-order valence-corrected chi connectivity index (χ4v) is 2.34. The Labute approximate surface area is 98.5 Å². The number of hydrogen-bond donors (Lipinski definition) is 0. The molecule has 0 saturated carbocycles. The van der Waals surface area contributed by atoms with Gasteiger partial charge in [-0.3, -0.25) is 0 Å². The number of rotatable bonds is 0. The molecule has 2 aromatic carbocycles. The first-order valence-corrected chi connectivity index (χ1v) is 5.59. The molecule has 0 saturated heterocycles. The summed E-state index contributed by atoms with van der Waals surface area (Å²) < 4.78 is 5.14. The summed E-state index contributed by atoms with van der Waals surface area (Å²) in [7, 11) is 0. The Morgan fingerprint density at radius 2 is 1.59 bits per heavy atom. The summed E-state index contributed by atoms with van der Waals surface area (Å²) in [6.45, 7) is 3.82. The largest absolute Gasteiger partial charge is 0.428 e. The van der Waals surface area contributed by atoms with Gasteiger partial charge in [-0.1, -0.05) is 24.3 Å². The lowest BCUT2D eigenvalue weighted by Crippen LogP contribution is -2.01. The van der Waals surface area contributed by atoms with E-state index in [0.29, 0.717) is 11.1 Å². The van der Waals surface area contributed by atoms with E-state index < -0.39 is 0 Å². The highest BCUT2D eigenvalue weighted by Gasteiger charge is 2.07. The molecule has 1 aromatic heterocycles. The molecule has 0 aliphatic rings. The Hall–Kier alpha value is -2.09. The summed E-state index contributed by atoms with van der Waals surface area (Å²) in [5, 5.41) is 3.93. The molecule has 0 unspecified atom stereocenters. The van der Waals surface area contributed by atoms with Crippen LogP contribution in [0.1, 0.15) is 11.3 Å². The number of aryl methyl sites for hydroxylation is 2. The van der Waals surface area contributed by atoms with Crippen molar-refractivity contribution in [3.8, 4) is 0 Å². The average molecular weight is 224 g/mol. The Morgan fingerprint density at radius 3 is 2.35 bits per heavy atom. The van der Waals surface area contributed by atoms with Crippen LogP contribution in [0.4, 0.5) is 0 Å². The molecule has 2 heteroatoms. The molecule has 0 bridgehead atoms. The summed E-state index contributed by atoms with van der Waals surface area (Å²) in [6, 6.07) is 12.0. The van der Waals surface area contributed by atoms with Gasteiger partial charge in [0.2, 0.25) is 0 Å². The molecule has 0 aliphatic heterocycles. The molecule has 3 aromatic rings. The van der Waals surface area contributed by atoms with E-state index in [1.807, 2.05) is 37.3 Å². The molecule has 0 N–H and O–H groups in total. The first kappa shape index (κ1) is 10.1. The fraction of sp³-hybridized carbons (Fsp3) is 0.133. The number of fused-ring (bicyclic) bond motifs is 3. The summed E-state index contributed by atoms with van der Waals surface area (Å²) >= 11 is 0. The lowest BCUT2D eigenvalue weighted by Gasteiger charge is -2.06. The van der Waals surface area contributed by atoms with Crippen LogP contribution in [0.2, 0.25) is 0 Å². The molecule has 3 rings (SSSR count). The number of benzene rings is 2. The van der Waals surface area contributed by atoms with Gasteiger partial charge in [-0.25, -0.2) is 4.79 Å². The second-order valence-electron chi connectivity index (χ2n) is 4.34. The molecule has 0 aliphatic carbocycles. The van der Waals surface area contributed by atoms with Crippen molar-refractivity contribution in [3.05, 3.63) is 58.1 Å². The summed E-state index contributed by atoms with van der Waals surface area (Å²) in [5.74, 6) is 0.650. The lowest BCUT2D eigenvalue weighted by molar-refractivity contribution is 0.488. The van der Waals surface area contributed by atoms with E-state index in [1.54, 1.807) is 6.92 Å². The van der Waals surface area contributed by atoms with Crippen LogP contribution in [0.3, 0.4) is 0 Å². The molecular formula is C15H12O2. The van der Waals surface area contributed by atoms with Crippen LogP contribution in [0, 0.1) is 13.8 Å². The Bertz CT molecular complexity index is 782. The van der Waals surface area contributed by atoms with Gasteiger partial charge in [0.25, 0.3) is 0 Å². The van der Waals surface area contributed by atoms with Gasteiger partial charge in [-0.05, 0) is 42.3 Å². The highest BCUT2D eigenvalue weighted by atomic mass is 16.4. The van der Waals surface area contributed by atoms with E-state index in [1.165, 1.54) is 5.39 Å². The summed E-state index contributed by atoms with van der Waals surface area (Å²) in [5.41, 5.74) is 0.845. The van der Waals surface area contributed by atoms with Crippen molar-refractivity contribution in [2.75, 3.05) is 0 Å². The minimum Gasteiger partial charge on any atom is -0.428 e. The third-order valence-electron chi connectivity index (χ3n) is 3.11. The zero-order valence-corrected chi connectivity index (χ0v) is 9.78. The third kappa shape index (κ3) is 1.45. The molecular weight excluding hydrogens is 212 g/mol. The van der Waals surface area contributed by atoms with Crippen molar-refractivity contribution < 1.29 is 4.42 Å². The molecule has 2 nitrogen and oxygen atoms in total. The van der Waals surface area contributed by atoms with Crippen molar-refractivity contribution in [1.29, 1.82) is 0 Å². The second kappa shape index (κ2) is 3.45. The third-order valence-corrected chi connectivity index (χ3v) is 3.11. The van der Waals surface area contributed by atoms with Crippen molar-refractivity contribution in [2.45, 2.75) is 13.8 Å². The van der Waals surface area contributed by atoms with Gasteiger partial charge in [0.15, 0.2) is 0 Å². The summed E-state index contributed by atoms with van der Waals surface area (Å²) in [6.07, 6.45) is 0. The maximum atomic E-state index is 11.8. The highest BCUT2D eigenvalue weighted by Crippen LogP contribution is 2.27. The standard InChI is InChI=1S/C15H12O2/c1-9-7-14-13(8-10(2)17-15(14)16)12-6-4-3-5-11(9)12/h3-8H,1-2H3. The van der Waals surface area contributed by atoms with Crippen LogP contribution < -0.4 is 5.63 Å². The normalized spacial score (nSPS) is 11.2. The van der Waals surface area contributed by atoms with Gasteiger partial charge < -0.3 is 4.42 Å². The van der Waals surface area contributed by atoms with Gasteiger partial charge in [-0.15, -0.1) is 0 Å². The second-order valence-corrected chi connectivity index (χ2v) is 4.34. The van der Waals surface area contributed by atoms with E-state index in [0.717, 1.165) is 16.3 Å². The van der Waals surface area contributed by atoms with Crippen LogP contribution in [0.15, 0.2) is 45.6 Å². The predicted molar refractivity (Wildman–Crippen MR) is 69.5 cm³/mol.